The molecule has 0 unspecified atom stereocenters. The molecule has 0 aromatic heterocycles. The lowest BCUT2D eigenvalue weighted by atomic mass is 10.1. The van der Waals surface area contributed by atoms with E-state index < -0.39 is 0 Å². The molecular formula is C19H30N4O2. The highest BCUT2D eigenvalue weighted by atomic mass is 16.5. The standard InChI is InChI=1S/C19H30N4O2/c1-17-2-4-18(5-3-17)16-22-8-10-23(11-9-22)19(24)20-6-7-21-12-14-25-15-13-21/h2-5H,6-16H2,1H3,(H,20,24). The van der Waals surface area contributed by atoms with Crippen molar-refractivity contribution >= 4 is 6.03 Å². The van der Waals surface area contributed by atoms with Crippen molar-refractivity contribution in [2.24, 2.45) is 0 Å². The number of carbonyl (C=O) groups is 1. The predicted molar refractivity (Wildman–Crippen MR) is 98.7 cm³/mol. The number of amides is 2. The van der Waals surface area contributed by atoms with E-state index in [1.807, 2.05) is 4.90 Å². The highest BCUT2D eigenvalue weighted by Gasteiger charge is 2.21. The second-order valence-electron chi connectivity index (χ2n) is 6.93. The molecule has 0 bridgehead atoms. The van der Waals surface area contributed by atoms with Crippen LogP contribution in [0.5, 0.6) is 0 Å². The van der Waals surface area contributed by atoms with Crippen LogP contribution in [0, 0.1) is 6.92 Å². The maximum atomic E-state index is 12.3. The fourth-order valence-corrected chi connectivity index (χ4v) is 3.32. The Kier molecular flexibility index (Phi) is 6.67. The third-order valence-corrected chi connectivity index (χ3v) is 4.99. The van der Waals surface area contributed by atoms with Crippen molar-refractivity contribution in [3.8, 4) is 0 Å². The average molecular weight is 346 g/mol. The van der Waals surface area contributed by atoms with Crippen LogP contribution in [-0.2, 0) is 11.3 Å². The molecule has 2 aliphatic heterocycles. The van der Waals surface area contributed by atoms with Crippen molar-refractivity contribution in [1.82, 2.24) is 20.0 Å². The van der Waals surface area contributed by atoms with Crippen molar-refractivity contribution in [1.29, 1.82) is 0 Å². The second kappa shape index (κ2) is 9.17. The van der Waals surface area contributed by atoms with Gasteiger partial charge in [-0.2, -0.15) is 0 Å². The van der Waals surface area contributed by atoms with Crippen molar-refractivity contribution in [3.63, 3.8) is 0 Å². The van der Waals surface area contributed by atoms with Crippen molar-refractivity contribution in [3.05, 3.63) is 35.4 Å². The molecule has 0 spiro atoms. The molecule has 0 aliphatic carbocycles. The molecule has 138 valence electrons. The normalized spacial score (nSPS) is 19.8. The molecule has 2 saturated heterocycles. The number of urea groups is 1. The maximum Gasteiger partial charge on any atom is 0.317 e. The largest absolute Gasteiger partial charge is 0.379 e. The minimum Gasteiger partial charge on any atom is -0.379 e. The Bertz CT molecular complexity index is 535. The highest BCUT2D eigenvalue weighted by Crippen LogP contribution is 2.10. The summed E-state index contributed by atoms with van der Waals surface area (Å²) in [7, 11) is 0. The Morgan fingerprint density at radius 1 is 1.00 bits per heavy atom. The van der Waals surface area contributed by atoms with Gasteiger partial charge in [-0.3, -0.25) is 9.80 Å². The summed E-state index contributed by atoms with van der Waals surface area (Å²) < 4.78 is 5.34. The lowest BCUT2D eigenvalue weighted by molar-refractivity contribution is 0.0385. The minimum atomic E-state index is 0.0724. The van der Waals surface area contributed by atoms with Gasteiger partial charge in [0.2, 0.25) is 0 Å². The molecule has 2 amide bonds. The van der Waals surface area contributed by atoms with E-state index in [0.29, 0.717) is 6.54 Å². The predicted octanol–water partition coefficient (Wildman–Crippen LogP) is 1.15. The SMILES string of the molecule is Cc1ccc(CN2CCN(C(=O)NCCN3CCOCC3)CC2)cc1. The summed E-state index contributed by atoms with van der Waals surface area (Å²) >= 11 is 0. The van der Waals surface area contributed by atoms with Crippen LogP contribution in [0.25, 0.3) is 0 Å². The van der Waals surface area contributed by atoms with Gasteiger partial charge in [0.05, 0.1) is 13.2 Å². The van der Waals surface area contributed by atoms with E-state index in [4.69, 9.17) is 4.74 Å². The van der Waals surface area contributed by atoms with Gasteiger partial charge in [-0.1, -0.05) is 29.8 Å². The van der Waals surface area contributed by atoms with Gasteiger partial charge in [0.25, 0.3) is 0 Å². The van der Waals surface area contributed by atoms with Crippen LogP contribution in [-0.4, -0.2) is 86.3 Å². The van der Waals surface area contributed by atoms with E-state index in [2.05, 4.69) is 46.3 Å². The van der Waals surface area contributed by atoms with Crippen molar-refractivity contribution in [2.45, 2.75) is 13.5 Å². The number of hydrogen-bond donors (Lipinski definition) is 1. The van der Waals surface area contributed by atoms with Crippen LogP contribution in [0.2, 0.25) is 0 Å². The van der Waals surface area contributed by atoms with E-state index in [1.54, 1.807) is 0 Å². The molecule has 2 aliphatic rings. The van der Waals surface area contributed by atoms with Gasteiger partial charge >= 0.3 is 6.03 Å². The van der Waals surface area contributed by atoms with Crippen LogP contribution in [0.15, 0.2) is 24.3 Å². The van der Waals surface area contributed by atoms with Crippen LogP contribution < -0.4 is 5.32 Å². The molecule has 1 aromatic rings. The number of nitrogens with one attached hydrogen (secondary N) is 1. The summed E-state index contributed by atoms with van der Waals surface area (Å²) in [6, 6.07) is 8.78. The Hall–Kier alpha value is -1.63. The Morgan fingerprint density at radius 3 is 2.36 bits per heavy atom. The van der Waals surface area contributed by atoms with E-state index in [0.717, 1.165) is 65.6 Å². The van der Waals surface area contributed by atoms with Gasteiger partial charge in [0, 0.05) is 58.9 Å². The zero-order valence-electron chi connectivity index (χ0n) is 15.2. The summed E-state index contributed by atoms with van der Waals surface area (Å²) in [6.45, 7) is 11.7. The lowest BCUT2D eigenvalue weighted by Gasteiger charge is -2.35. The molecule has 3 rings (SSSR count). The van der Waals surface area contributed by atoms with Gasteiger partial charge in [-0.25, -0.2) is 4.79 Å². The molecule has 2 heterocycles. The van der Waals surface area contributed by atoms with Gasteiger partial charge in [-0.05, 0) is 12.5 Å². The first-order chi connectivity index (χ1) is 12.2. The first-order valence-corrected chi connectivity index (χ1v) is 9.31. The fraction of sp³-hybridized carbons (Fsp3) is 0.632. The fourth-order valence-electron chi connectivity index (χ4n) is 3.32. The summed E-state index contributed by atoms with van der Waals surface area (Å²) in [5.74, 6) is 0. The number of hydrogen-bond acceptors (Lipinski definition) is 4. The lowest BCUT2D eigenvalue weighted by Crippen LogP contribution is -2.52. The Labute approximate surface area is 150 Å². The molecular weight excluding hydrogens is 316 g/mol. The number of aryl methyl sites for hydroxylation is 1. The van der Waals surface area contributed by atoms with Crippen LogP contribution in [0.4, 0.5) is 4.79 Å². The van der Waals surface area contributed by atoms with Crippen LogP contribution >= 0.6 is 0 Å². The van der Waals surface area contributed by atoms with Crippen molar-refractivity contribution < 1.29 is 9.53 Å². The maximum absolute atomic E-state index is 12.3. The highest BCUT2D eigenvalue weighted by molar-refractivity contribution is 5.74. The topological polar surface area (TPSA) is 48.0 Å². The Morgan fingerprint density at radius 2 is 1.68 bits per heavy atom. The number of rotatable bonds is 5. The minimum absolute atomic E-state index is 0.0724. The van der Waals surface area contributed by atoms with Crippen LogP contribution in [0.3, 0.4) is 0 Å². The monoisotopic (exact) mass is 346 g/mol. The summed E-state index contributed by atoms with van der Waals surface area (Å²) in [6.07, 6.45) is 0. The Balaban J connectivity index is 1.33. The molecule has 0 radical (unpaired) electrons. The van der Waals surface area contributed by atoms with Crippen LogP contribution in [0.1, 0.15) is 11.1 Å². The van der Waals surface area contributed by atoms with Gasteiger partial charge in [0.1, 0.15) is 0 Å². The molecule has 6 heteroatoms. The van der Waals surface area contributed by atoms with Gasteiger partial charge in [0.15, 0.2) is 0 Å². The second-order valence-corrected chi connectivity index (χ2v) is 6.93. The number of ether oxygens (including phenoxy) is 1. The summed E-state index contributed by atoms with van der Waals surface area (Å²) in [4.78, 5) is 19.0. The van der Waals surface area contributed by atoms with Crippen molar-refractivity contribution in [2.75, 3.05) is 65.6 Å². The third kappa shape index (κ3) is 5.70. The number of carbonyl (C=O) groups excluding carboxylic acids is 1. The van der Waals surface area contributed by atoms with Gasteiger partial charge < -0.3 is 15.0 Å². The first-order valence-electron chi connectivity index (χ1n) is 9.31. The van der Waals surface area contributed by atoms with E-state index in [9.17, 15) is 4.79 Å². The van der Waals surface area contributed by atoms with E-state index >= 15 is 0 Å². The summed E-state index contributed by atoms with van der Waals surface area (Å²) in [5, 5.41) is 3.06. The summed E-state index contributed by atoms with van der Waals surface area (Å²) in [5.41, 5.74) is 2.64. The number of piperazine rings is 1. The zero-order valence-corrected chi connectivity index (χ0v) is 15.2. The van der Waals surface area contributed by atoms with E-state index in [1.165, 1.54) is 11.1 Å². The number of nitrogens with zero attached hydrogens (tertiary/aromatic N) is 3. The molecule has 6 nitrogen and oxygen atoms in total. The van der Waals surface area contributed by atoms with Gasteiger partial charge in [-0.15, -0.1) is 0 Å². The average Bonchev–Trinajstić information content (AvgIpc) is 2.65. The molecule has 2 fully saturated rings. The molecule has 1 N–H and O–H groups in total. The molecule has 0 atom stereocenters. The van der Waals surface area contributed by atoms with E-state index in [-0.39, 0.29) is 6.03 Å². The molecule has 0 saturated carbocycles. The number of benzene rings is 1. The zero-order chi connectivity index (χ0) is 17.5. The quantitative estimate of drug-likeness (QED) is 0.869. The number of morpholine rings is 1. The molecule has 1 aromatic carbocycles. The third-order valence-electron chi connectivity index (χ3n) is 4.99. The first kappa shape index (κ1) is 18.2. The molecule has 25 heavy (non-hydrogen) atoms. The smallest absolute Gasteiger partial charge is 0.317 e.